The first kappa shape index (κ1) is 71.3. The van der Waals surface area contributed by atoms with E-state index >= 15 is 0 Å². The van der Waals surface area contributed by atoms with Crippen LogP contribution in [0.1, 0.15) is 145 Å². The van der Waals surface area contributed by atoms with Crippen LogP contribution >= 0.6 is 0 Å². The van der Waals surface area contributed by atoms with Crippen molar-refractivity contribution in [2.45, 2.75) is 207 Å². The lowest BCUT2D eigenvalue weighted by Crippen LogP contribution is -2.62. The Morgan fingerprint density at radius 3 is 1.69 bits per heavy atom. The second kappa shape index (κ2) is 36.0. The molecule has 1 aromatic carbocycles. The first-order valence-corrected chi connectivity index (χ1v) is 29.7. The fourth-order valence-corrected chi connectivity index (χ4v) is 9.89. The standard InChI is InChI=1S/C59H95N11O14/c1-11-14-16-21-38-29-47(74)62-41(22-24-71)52(77)63-40(13-3)59(84)70-32-39(73)30-46(70)56(81)64-42(23-25-72)53(78)66-45(28-37-19-17-15-18-20-37)54(79)65-44(27-34(6)7)55(80)69-50(36(10)12-2)58(83)68-49(35(8)9)57(82)67-43(26-33(4)5)51(76)60-31-48(75)61-38/h13,15,17-20,33-36,38-39,41-46,49-50,71-73H,11-12,14,16,21-32H2,1-10H3,(H,60,76)(H,61,75)(H,62,74)(H,63,77)(H,64,81)(H,65,79)(H,66,78)(H,67,82)(H,68,83)(H,69,80). The van der Waals surface area contributed by atoms with Crippen molar-refractivity contribution in [3.8, 4) is 0 Å². The lowest BCUT2D eigenvalue weighted by molar-refractivity contribution is -0.139. The van der Waals surface area contributed by atoms with Crippen molar-refractivity contribution in [1.82, 2.24) is 58.1 Å². The summed E-state index contributed by atoms with van der Waals surface area (Å²) in [5.41, 5.74) is 0.239. The molecule has 0 aromatic heterocycles. The van der Waals surface area contributed by atoms with E-state index in [9.17, 15) is 68.1 Å². The first-order chi connectivity index (χ1) is 39.8. The molecule has 0 saturated carbocycles. The molecule has 11 amide bonds. The van der Waals surface area contributed by atoms with E-state index in [0.29, 0.717) is 24.8 Å². The van der Waals surface area contributed by atoms with Gasteiger partial charge >= 0.3 is 0 Å². The van der Waals surface area contributed by atoms with Crippen LogP contribution in [0.5, 0.6) is 0 Å². The molecule has 13 N–H and O–H groups in total. The van der Waals surface area contributed by atoms with Gasteiger partial charge in [0, 0.05) is 45.1 Å². The van der Waals surface area contributed by atoms with Gasteiger partial charge < -0.3 is 73.4 Å². The summed E-state index contributed by atoms with van der Waals surface area (Å²) in [5, 5.41) is 57.7. The molecule has 0 spiro atoms. The lowest BCUT2D eigenvalue weighted by Gasteiger charge is -2.31. The molecule has 84 heavy (non-hydrogen) atoms. The van der Waals surface area contributed by atoms with Crippen molar-refractivity contribution in [3.05, 3.63) is 47.7 Å². The van der Waals surface area contributed by atoms with Crippen LogP contribution in [0.15, 0.2) is 42.1 Å². The number of fused-ring (bicyclic) bond motifs is 1. The summed E-state index contributed by atoms with van der Waals surface area (Å²) in [6.45, 7) is 15.5. The lowest BCUT2D eigenvalue weighted by atomic mass is 9.95. The third-order valence-electron chi connectivity index (χ3n) is 14.8. The SMILES string of the molecule is CC=C1NC(=O)C(CCO)NC(=O)CC(CCCCC)NC(=O)CNC(=O)C(CC(C)C)NC(=O)C(C(C)C)NC(=O)C(C(C)CC)NC(=O)C(CC(C)C)NC(=O)C(Cc2ccccc2)NC(=O)C(CCO)NC(=O)C2CC(O)CN2C1=O. The Balaban J connectivity index is 2.16. The smallest absolute Gasteiger partial charge is 0.270 e. The zero-order chi connectivity index (χ0) is 62.8. The van der Waals surface area contributed by atoms with E-state index in [2.05, 4.69) is 53.2 Å². The Bertz CT molecular complexity index is 2420. The fourth-order valence-electron chi connectivity index (χ4n) is 9.89. The normalized spacial score (nSPS) is 26.8. The van der Waals surface area contributed by atoms with Gasteiger partial charge in [-0.25, -0.2) is 0 Å². The molecule has 470 valence electrons. The Morgan fingerprint density at radius 1 is 0.583 bits per heavy atom. The topological polar surface area (TPSA) is 372 Å². The second-order valence-electron chi connectivity index (χ2n) is 23.2. The van der Waals surface area contributed by atoms with Crippen LogP contribution in [-0.4, -0.2) is 172 Å². The van der Waals surface area contributed by atoms with E-state index in [1.54, 1.807) is 58.0 Å². The minimum Gasteiger partial charge on any atom is -0.396 e. The molecule has 0 aliphatic carbocycles. The summed E-state index contributed by atoms with van der Waals surface area (Å²) >= 11 is 0. The van der Waals surface area contributed by atoms with Crippen molar-refractivity contribution in [2.75, 3.05) is 26.3 Å². The largest absolute Gasteiger partial charge is 0.396 e. The zero-order valence-corrected chi connectivity index (χ0v) is 50.6. The molecular weight excluding hydrogens is 1090 g/mol. The Hall–Kier alpha value is -6.99. The minimum atomic E-state index is -1.52. The number of rotatable bonds is 17. The van der Waals surface area contributed by atoms with Crippen molar-refractivity contribution < 1.29 is 68.1 Å². The highest BCUT2D eigenvalue weighted by Crippen LogP contribution is 2.22. The van der Waals surface area contributed by atoms with Crippen LogP contribution in [0.25, 0.3) is 0 Å². The third kappa shape index (κ3) is 23.2. The number of aliphatic hydroxyl groups is 3. The van der Waals surface area contributed by atoms with Crippen molar-refractivity contribution >= 4 is 65.0 Å². The van der Waals surface area contributed by atoms with Crippen LogP contribution in [0.4, 0.5) is 0 Å². The Labute approximate surface area is 493 Å². The molecule has 2 heterocycles. The van der Waals surface area contributed by atoms with Gasteiger partial charge in [-0.05, 0) is 68.3 Å². The molecule has 0 bridgehead atoms. The molecule has 25 nitrogen and oxygen atoms in total. The number of carbonyl (C=O) groups excluding carboxylic acids is 11. The predicted molar refractivity (Wildman–Crippen MR) is 312 cm³/mol. The number of hydrogen-bond acceptors (Lipinski definition) is 14. The quantitative estimate of drug-likeness (QED) is 0.0707. The van der Waals surface area contributed by atoms with Crippen LogP contribution in [0.2, 0.25) is 0 Å². The third-order valence-corrected chi connectivity index (χ3v) is 14.8. The number of allylic oxidation sites excluding steroid dienone is 1. The molecule has 0 radical (unpaired) electrons. The van der Waals surface area contributed by atoms with Crippen LogP contribution < -0.4 is 53.2 Å². The number of aliphatic hydroxyl groups excluding tert-OH is 3. The van der Waals surface area contributed by atoms with Gasteiger partial charge in [0.2, 0.25) is 59.1 Å². The predicted octanol–water partition coefficient (Wildman–Crippen LogP) is -0.251. The number of nitrogens with one attached hydrogen (secondary N) is 10. The molecule has 2 aliphatic rings. The van der Waals surface area contributed by atoms with Gasteiger partial charge in [0.25, 0.3) is 5.91 Å². The summed E-state index contributed by atoms with van der Waals surface area (Å²) in [4.78, 5) is 156. The van der Waals surface area contributed by atoms with Gasteiger partial charge in [0.05, 0.1) is 12.6 Å². The van der Waals surface area contributed by atoms with Gasteiger partial charge in [-0.15, -0.1) is 0 Å². The van der Waals surface area contributed by atoms with E-state index in [4.69, 9.17) is 0 Å². The molecule has 1 aromatic rings. The van der Waals surface area contributed by atoms with E-state index < -0.39 is 157 Å². The van der Waals surface area contributed by atoms with Crippen molar-refractivity contribution in [1.29, 1.82) is 0 Å². The van der Waals surface area contributed by atoms with Gasteiger partial charge in [0.15, 0.2) is 0 Å². The summed E-state index contributed by atoms with van der Waals surface area (Å²) in [6.07, 6.45) is 1.67. The number of hydrogen-bond donors (Lipinski definition) is 13. The summed E-state index contributed by atoms with van der Waals surface area (Å²) in [7, 11) is 0. The summed E-state index contributed by atoms with van der Waals surface area (Å²) in [6, 6.07) is -2.85. The molecular formula is C59H95N11O14. The number of unbranched alkanes of at least 4 members (excludes halogenated alkanes) is 2. The fraction of sp³-hybridized carbons (Fsp3) is 0.678. The maximum absolute atomic E-state index is 14.5. The van der Waals surface area contributed by atoms with E-state index in [1.807, 2.05) is 34.6 Å². The van der Waals surface area contributed by atoms with Gasteiger partial charge in [-0.3, -0.25) is 52.7 Å². The monoisotopic (exact) mass is 1180 g/mol. The van der Waals surface area contributed by atoms with E-state index in [0.717, 1.165) is 17.7 Å². The van der Waals surface area contributed by atoms with Crippen LogP contribution in [0.3, 0.4) is 0 Å². The van der Waals surface area contributed by atoms with Crippen LogP contribution in [-0.2, 0) is 59.2 Å². The number of carbonyl (C=O) groups is 11. The molecule has 2 aliphatic heterocycles. The molecule has 2 fully saturated rings. The average Bonchev–Trinajstić information content (AvgIpc) is 3.99. The summed E-state index contributed by atoms with van der Waals surface area (Å²) < 4.78 is 0. The zero-order valence-electron chi connectivity index (χ0n) is 50.6. The van der Waals surface area contributed by atoms with E-state index in [-0.39, 0.29) is 69.0 Å². The summed E-state index contributed by atoms with van der Waals surface area (Å²) in [5.74, 6) is -10.1. The highest BCUT2D eigenvalue weighted by Gasteiger charge is 2.42. The first-order valence-electron chi connectivity index (χ1n) is 29.7. The van der Waals surface area contributed by atoms with Gasteiger partial charge in [0.1, 0.15) is 54.0 Å². The van der Waals surface area contributed by atoms with Gasteiger partial charge in [-0.2, -0.15) is 0 Å². The minimum absolute atomic E-state index is 0.0695. The Morgan fingerprint density at radius 2 is 1.12 bits per heavy atom. The molecule has 25 heteroatoms. The van der Waals surface area contributed by atoms with Crippen LogP contribution in [0, 0.1) is 23.7 Å². The molecule has 11 atom stereocenters. The number of amides is 11. The van der Waals surface area contributed by atoms with Gasteiger partial charge in [-0.1, -0.05) is 124 Å². The highest BCUT2D eigenvalue weighted by atomic mass is 16.3. The average molecular weight is 1180 g/mol. The molecule has 2 saturated heterocycles. The number of nitrogens with zero attached hydrogens (tertiary/aromatic N) is 1. The maximum Gasteiger partial charge on any atom is 0.270 e. The Kier molecular flexibility index (Phi) is 30.5. The van der Waals surface area contributed by atoms with Crippen molar-refractivity contribution in [2.24, 2.45) is 23.7 Å². The maximum atomic E-state index is 14.5. The number of benzene rings is 1. The molecule has 11 unspecified atom stereocenters. The van der Waals surface area contributed by atoms with E-state index in [1.165, 1.54) is 13.0 Å². The van der Waals surface area contributed by atoms with Crippen molar-refractivity contribution in [3.63, 3.8) is 0 Å². The second-order valence-corrected chi connectivity index (χ2v) is 23.2. The highest BCUT2D eigenvalue weighted by molar-refractivity contribution is 6.02. The molecule has 3 rings (SSSR count).